The van der Waals surface area contributed by atoms with E-state index in [0.717, 1.165) is 11.1 Å². The van der Waals surface area contributed by atoms with Crippen molar-refractivity contribution in [3.05, 3.63) is 77.5 Å². The highest BCUT2D eigenvalue weighted by Gasteiger charge is 2.06. The molecule has 0 spiro atoms. The van der Waals surface area contributed by atoms with E-state index >= 15 is 0 Å². The molecule has 0 saturated heterocycles. The molecule has 2 rings (SSSR count). The highest BCUT2D eigenvalue weighted by atomic mass is 16.2. The van der Waals surface area contributed by atoms with Crippen LogP contribution in [0.1, 0.15) is 29.7 Å². The summed E-state index contributed by atoms with van der Waals surface area (Å²) in [5.74, 6) is 0. The third kappa shape index (κ3) is 4.80. The van der Waals surface area contributed by atoms with Crippen molar-refractivity contribution in [2.45, 2.75) is 19.9 Å². The van der Waals surface area contributed by atoms with Crippen LogP contribution in [0.4, 0.5) is 4.79 Å². The van der Waals surface area contributed by atoms with E-state index < -0.39 is 0 Å². The maximum Gasteiger partial charge on any atom is 0.319 e. The van der Waals surface area contributed by atoms with E-state index in [4.69, 9.17) is 0 Å². The Bertz CT molecular complexity index is 620. The molecule has 2 amide bonds. The van der Waals surface area contributed by atoms with Crippen molar-refractivity contribution in [1.82, 2.24) is 10.6 Å². The van der Waals surface area contributed by atoms with Crippen molar-refractivity contribution >= 4 is 12.1 Å². The Kier molecular flexibility index (Phi) is 5.16. The van der Waals surface area contributed by atoms with Crippen LogP contribution in [0.5, 0.6) is 0 Å². The molecule has 108 valence electrons. The number of hydrogen-bond donors (Lipinski definition) is 2. The number of benzene rings is 2. The van der Waals surface area contributed by atoms with Gasteiger partial charge in [0.15, 0.2) is 0 Å². The fraction of sp³-hybridized carbons (Fsp3) is 0.167. The van der Waals surface area contributed by atoms with Gasteiger partial charge in [-0.15, -0.1) is 0 Å². The Morgan fingerprint density at radius 2 is 1.86 bits per heavy atom. The first kappa shape index (κ1) is 14.9. The van der Waals surface area contributed by atoms with Gasteiger partial charge in [-0.25, -0.2) is 4.79 Å². The van der Waals surface area contributed by atoms with Crippen LogP contribution in [0.2, 0.25) is 0 Å². The maximum absolute atomic E-state index is 11.8. The summed E-state index contributed by atoms with van der Waals surface area (Å²) in [6.07, 6.45) is 3.53. The number of nitrogens with one attached hydrogen (secondary N) is 2. The van der Waals surface area contributed by atoms with Gasteiger partial charge in [-0.1, -0.05) is 60.2 Å². The van der Waals surface area contributed by atoms with Crippen LogP contribution in [0, 0.1) is 6.92 Å². The summed E-state index contributed by atoms with van der Waals surface area (Å²) in [7, 11) is 0. The van der Waals surface area contributed by atoms with Gasteiger partial charge >= 0.3 is 6.03 Å². The van der Waals surface area contributed by atoms with Crippen molar-refractivity contribution in [3.8, 4) is 0 Å². The Balaban J connectivity index is 1.85. The van der Waals surface area contributed by atoms with E-state index in [1.807, 2.05) is 68.5 Å². The summed E-state index contributed by atoms with van der Waals surface area (Å²) in [4.78, 5) is 11.8. The summed E-state index contributed by atoms with van der Waals surface area (Å²) >= 11 is 0. The first-order chi connectivity index (χ1) is 10.1. The quantitative estimate of drug-likeness (QED) is 0.872. The molecular weight excluding hydrogens is 260 g/mol. The number of carbonyl (C=O) groups is 1. The van der Waals surface area contributed by atoms with Crippen LogP contribution in [0.15, 0.2) is 60.8 Å². The van der Waals surface area contributed by atoms with Crippen LogP contribution >= 0.6 is 0 Å². The Morgan fingerprint density at radius 3 is 2.57 bits per heavy atom. The average molecular weight is 280 g/mol. The van der Waals surface area contributed by atoms with Gasteiger partial charge in [0.25, 0.3) is 0 Å². The van der Waals surface area contributed by atoms with Crippen LogP contribution in [0.25, 0.3) is 6.08 Å². The fourth-order valence-corrected chi connectivity index (χ4v) is 2.05. The molecule has 0 radical (unpaired) electrons. The van der Waals surface area contributed by atoms with E-state index in [0.29, 0.717) is 0 Å². The predicted molar refractivity (Wildman–Crippen MR) is 86.7 cm³/mol. The van der Waals surface area contributed by atoms with Crippen LogP contribution in [0.3, 0.4) is 0 Å². The van der Waals surface area contributed by atoms with Gasteiger partial charge in [-0.3, -0.25) is 0 Å². The van der Waals surface area contributed by atoms with Gasteiger partial charge in [0.1, 0.15) is 0 Å². The summed E-state index contributed by atoms with van der Waals surface area (Å²) < 4.78 is 0. The molecule has 0 aromatic heterocycles. The van der Waals surface area contributed by atoms with Crippen molar-refractivity contribution < 1.29 is 4.79 Å². The van der Waals surface area contributed by atoms with Crippen molar-refractivity contribution in [3.63, 3.8) is 0 Å². The lowest BCUT2D eigenvalue weighted by atomic mass is 10.1. The normalized spacial score (nSPS) is 12.1. The Labute approximate surface area is 125 Å². The number of aryl methyl sites for hydroxylation is 1. The molecule has 0 saturated carbocycles. The van der Waals surface area contributed by atoms with Gasteiger partial charge < -0.3 is 10.6 Å². The molecule has 21 heavy (non-hydrogen) atoms. The molecule has 0 aliphatic carbocycles. The van der Waals surface area contributed by atoms with E-state index in [-0.39, 0.29) is 12.1 Å². The highest BCUT2D eigenvalue weighted by Crippen LogP contribution is 2.10. The Hall–Kier alpha value is -2.55. The summed E-state index contributed by atoms with van der Waals surface area (Å²) in [6, 6.07) is 17.7. The van der Waals surface area contributed by atoms with Crippen molar-refractivity contribution in [1.29, 1.82) is 0 Å². The molecule has 2 aromatic carbocycles. The minimum atomic E-state index is -0.213. The second-order valence-corrected chi connectivity index (χ2v) is 5.00. The van der Waals surface area contributed by atoms with Gasteiger partial charge in [0, 0.05) is 6.20 Å². The lowest BCUT2D eigenvalue weighted by molar-refractivity contribution is 0.241. The SMILES string of the molecule is Cc1cccc(/C=C/NC(=O)NC(C)c2ccccc2)c1. The first-order valence-corrected chi connectivity index (χ1v) is 7.00. The van der Waals surface area contributed by atoms with E-state index in [9.17, 15) is 4.79 Å². The molecule has 0 fully saturated rings. The number of amides is 2. The smallest absolute Gasteiger partial charge is 0.319 e. The standard InChI is InChI=1S/C18H20N2O/c1-14-7-6-8-16(13-14)11-12-19-18(21)20-15(2)17-9-4-3-5-10-17/h3-13,15H,1-2H3,(H2,19,20,21)/b12-11+. The molecule has 2 aromatic rings. The third-order valence-electron chi connectivity index (χ3n) is 3.18. The molecule has 1 atom stereocenters. The molecule has 1 unspecified atom stereocenters. The number of rotatable bonds is 4. The zero-order valence-electron chi connectivity index (χ0n) is 12.3. The lowest BCUT2D eigenvalue weighted by Crippen LogP contribution is -2.34. The van der Waals surface area contributed by atoms with Gasteiger partial charge in [-0.05, 0) is 31.1 Å². The van der Waals surface area contributed by atoms with E-state index in [1.165, 1.54) is 5.56 Å². The van der Waals surface area contributed by atoms with Gasteiger partial charge in [-0.2, -0.15) is 0 Å². The monoisotopic (exact) mass is 280 g/mol. The number of carbonyl (C=O) groups excluding carboxylic acids is 1. The molecule has 0 bridgehead atoms. The zero-order chi connectivity index (χ0) is 15.1. The maximum atomic E-state index is 11.8. The largest absolute Gasteiger partial charge is 0.331 e. The molecule has 0 aliphatic heterocycles. The van der Waals surface area contributed by atoms with Crippen LogP contribution in [-0.2, 0) is 0 Å². The van der Waals surface area contributed by atoms with Gasteiger partial charge in [0.05, 0.1) is 6.04 Å². The summed E-state index contributed by atoms with van der Waals surface area (Å²) in [5.41, 5.74) is 3.33. The average Bonchev–Trinajstić information content (AvgIpc) is 2.48. The van der Waals surface area contributed by atoms with Gasteiger partial charge in [0.2, 0.25) is 0 Å². The minimum absolute atomic E-state index is 0.0291. The van der Waals surface area contributed by atoms with E-state index in [2.05, 4.69) is 16.7 Å². The summed E-state index contributed by atoms with van der Waals surface area (Å²) in [5, 5.41) is 5.61. The highest BCUT2D eigenvalue weighted by molar-refractivity contribution is 5.76. The molecule has 0 heterocycles. The molecule has 3 nitrogen and oxygen atoms in total. The minimum Gasteiger partial charge on any atom is -0.331 e. The molecule has 2 N–H and O–H groups in total. The first-order valence-electron chi connectivity index (χ1n) is 7.00. The zero-order valence-corrected chi connectivity index (χ0v) is 12.3. The number of hydrogen-bond acceptors (Lipinski definition) is 1. The second kappa shape index (κ2) is 7.29. The van der Waals surface area contributed by atoms with Crippen LogP contribution in [-0.4, -0.2) is 6.03 Å². The third-order valence-corrected chi connectivity index (χ3v) is 3.18. The second-order valence-electron chi connectivity index (χ2n) is 5.00. The molecular formula is C18H20N2O. The van der Waals surface area contributed by atoms with Crippen LogP contribution < -0.4 is 10.6 Å². The predicted octanol–water partition coefficient (Wildman–Crippen LogP) is 4.03. The topological polar surface area (TPSA) is 41.1 Å². The van der Waals surface area contributed by atoms with Crippen molar-refractivity contribution in [2.24, 2.45) is 0 Å². The summed E-state index contributed by atoms with van der Waals surface area (Å²) in [6.45, 7) is 4.00. The Morgan fingerprint density at radius 1 is 1.10 bits per heavy atom. The number of urea groups is 1. The lowest BCUT2D eigenvalue weighted by Gasteiger charge is -2.13. The molecule has 3 heteroatoms. The van der Waals surface area contributed by atoms with Crippen molar-refractivity contribution in [2.75, 3.05) is 0 Å². The fourth-order valence-electron chi connectivity index (χ4n) is 2.05. The molecule has 0 aliphatic rings. The van der Waals surface area contributed by atoms with E-state index in [1.54, 1.807) is 6.20 Å².